The second kappa shape index (κ2) is 5.24. The lowest BCUT2D eigenvalue weighted by atomic mass is 9.95. The number of H-pyrrole nitrogens is 1. The average molecular weight is 276 g/mol. The summed E-state index contributed by atoms with van der Waals surface area (Å²) in [4.78, 5) is 16.2. The van der Waals surface area contributed by atoms with Crippen LogP contribution in [0.1, 0.15) is 26.7 Å². The van der Waals surface area contributed by atoms with E-state index in [1.165, 1.54) is 0 Å². The largest absolute Gasteiger partial charge is 0.379 e. The molecular weight excluding hydrogens is 256 g/mol. The van der Waals surface area contributed by atoms with E-state index in [1.54, 1.807) is 6.33 Å². The molecule has 1 atom stereocenters. The van der Waals surface area contributed by atoms with Crippen LogP contribution >= 0.6 is 0 Å². The molecular formula is C13H20N6O. The van der Waals surface area contributed by atoms with Crippen LogP contribution in [0.2, 0.25) is 0 Å². The van der Waals surface area contributed by atoms with Gasteiger partial charge in [0.25, 0.3) is 0 Å². The first-order chi connectivity index (χ1) is 9.70. The van der Waals surface area contributed by atoms with E-state index in [0.717, 1.165) is 37.3 Å². The zero-order valence-electron chi connectivity index (χ0n) is 11.9. The summed E-state index contributed by atoms with van der Waals surface area (Å²) in [7, 11) is 0. The van der Waals surface area contributed by atoms with Crippen molar-refractivity contribution in [3.8, 4) is 0 Å². The summed E-state index contributed by atoms with van der Waals surface area (Å²) in [6.07, 6.45) is 3.75. The molecule has 1 saturated heterocycles. The van der Waals surface area contributed by atoms with Crippen molar-refractivity contribution in [1.29, 1.82) is 0 Å². The van der Waals surface area contributed by atoms with Crippen molar-refractivity contribution in [2.75, 3.05) is 30.4 Å². The minimum absolute atomic E-state index is 0.103. The Morgan fingerprint density at radius 3 is 3.10 bits per heavy atom. The van der Waals surface area contributed by atoms with Crippen molar-refractivity contribution >= 4 is 22.9 Å². The first kappa shape index (κ1) is 13.1. The van der Waals surface area contributed by atoms with Gasteiger partial charge in [0, 0.05) is 13.2 Å². The van der Waals surface area contributed by atoms with Gasteiger partial charge in [-0.25, -0.2) is 4.98 Å². The van der Waals surface area contributed by atoms with Gasteiger partial charge in [0.05, 0.1) is 18.5 Å². The lowest BCUT2D eigenvalue weighted by Gasteiger charge is -2.34. The van der Waals surface area contributed by atoms with Gasteiger partial charge in [0.1, 0.15) is 5.52 Å². The van der Waals surface area contributed by atoms with Gasteiger partial charge in [-0.3, -0.25) is 0 Å². The number of fused-ring (bicyclic) bond motifs is 1. The highest BCUT2D eigenvalue weighted by Crippen LogP contribution is 2.27. The Balaban J connectivity index is 1.94. The summed E-state index contributed by atoms with van der Waals surface area (Å²) in [5.41, 5.74) is 1.39. The molecule has 3 heterocycles. The molecule has 0 spiro atoms. The molecule has 0 saturated carbocycles. The first-order valence-electron chi connectivity index (χ1n) is 7.01. The highest BCUT2D eigenvalue weighted by Gasteiger charge is 2.29. The summed E-state index contributed by atoms with van der Waals surface area (Å²) in [5.74, 6) is 1.37. The Hall–Kier alpha value is -1.89. The molecule has 1 aliphatic rings. The number of hydrogen-bond acceptors (Lipinski definition) is 6. The Bertz CT molecular complexity index is 590. The summed E-state index contributed by atoms with van der Waals surface area (Å²) < 4.78 is 5.58. The van der Waals surface area contributed by atoms with Gasteiger partial charge in [-0.1, -0.05) is 0 Å². The van der Waals surface area contributed by atoms with Gasteiger partial charge in [-0.05, 0) is 26.7 Å². The Morgan fingerprint density at radius 2 is 2.35 bits per heavy atom. The van der Waals surface area contributed by atoms with Crippen LogP contribution in [0.3, 0.4) is 0 Å². The zero-order valence-corrected chi connectivity index (χ0v) is 11.9. The highest BCUT2D eigenvalue weighted by atomic mass is 16.5. The first-order valence-corrected chi connectivity index (χ1v) is 7.01. The Morgan fingerprint density at radius 1 is 1.45 bits per heavy atom. The molecule has 1 aliphatic heterocycles. The molecule has 0 radical (unpaired) electrons. The van der Waals surface area contributed by atoms with Gasteiger partial charge < -0.3 is 20.4 Å². The molecule has 7 heteroatoms. The number of hydrogen-bond donors (Lipinski definition) is 3. The monoisotopic (exact) mass is 276 g/mol. The molecule has 1 unspecified atom stereocenters. The number of nitrogens with zero attached hydrogens (tertiary/aromatic N) is 3. The van der Waals surface area contributed by atoms with E-state index in [1.807, 2.05) is 6.92 Å². The van der Waals surface area contributed by atoms with Crippen LogP contribution in [0.25, 0.3) is 11.2 Å². The molecule has 20 heavy (non-hydrogen) atoms. The van der Waals surface area contributed by atoms with Gasteiger partial charge in [-0.2, -0.15) is 9.97 Å². The molecule has 0 bridgehead atoms. The van der Waals surface area contributed by atoms with E-state index in [4.69, 9.17) is 4.74 Å². The summed E-state index contributed by atoms with van der Waals surface area (Å²) in [6, 6.07) is 0. The SMILES string of the molecule is CCNc1nc(NC2(C)CCCOC2)c2[nH]cnc2n1. The maximum absolute atomic E-state index is 5.58. The molecule has 1 fully saturated rings. The van der Waals surface area contributed by atoms with Gasteiger partial charge in [0.2, 0.25) is 5.95 Å². The fourth-order valence-electron chi connectivity index (χ4n) is 2.48. The molecule has 3 N–H and O–H groups in total. The third kappa shape index (κ3) is 2.53. The fraction of sp³-hybridized carbons (Fsp3) is 0.615. The smallest absolute Gasteiger partial charge is 0.226 e. The summed E-state index contributed by atoms with van der Waals surface area (Å²) in [6.45, 7) is 6.47. The molecule has 108 valence electrons. The van der Waals surface area contributed by atoms with E-state index < -0.39 is 0 Å². The maximum atomic E-state index is 5.58. The van der Waals surface area contributed by atoms with Crippen LogP contribution in [-0.2, 0) is 4.74 Å². The summed E-state index contributed by atoms with van der Waals surface area (Å²) >= 11 is 0. The van der Waals surface area contributed by atoms with E-state index in [-0.39, 0.29) is 5.54 Å². The normalized spacial score (nSPS) is 22.9. The summed E-state index contributed by atoms with van der Waals surface area (Å²) in [5, 5.41) is 6.63. The molecule has 7 nitrogen and oxygen atoms in total. The van der Waals surface area contributed by atoms with E-state index in [2.05, 4.69) is 37.5 Å². The lowest BCUT2D eigenvalue weighted by molar-refractivity contribution is 0.0539. The molecule has 2 aromatic heterocycles. The predicted molar refractivity (Wildman–Crippen MR) is 77.9 cm³/mol. The highest BCUT2D eigenvalue weighted by molar-refractivity contribution is 5.84. The number of nitrogens with one attached hydrogen (secondary N) is 3. The third-order valence-corrected chi connectivity index (χ3v) is 3.48. The number of rotatable bonds is 4. The maximum Gasteiger partial charge on any atom is 0.226 e. The Kier molecular flexibility index (Phi) is 3.43. The van der Waals surface area contributed by atoms with Gasteiger partial charge in [0.15, 0.2) is 11.5 Å². The van der Waals surface area contributed by atoms with Crippen molar-refractivity contribution in [1.82, 2.24) is 19.9 Å². The van der Waals surface area contributed by atoms with Crippen molar-refractivity contribution in [3.63, 3.8) is 0 Å². The van der Waals surface area contributed by atoms with Crippen LogP contribution in [0, 0.1) is 0 Å². The van der Waals surface area contributed by atoms with Crippen LogP contribution in [0.5, 0.6) is 0 Å². The second-order valence-electron chi connectivity index (χ2n) is 5.37. The van der Waals surface area contributed by atoms with E-state index >= 15 is 0 Å². The zero-order chi connectivity index (χ0) is 14.0. The number of aromatic nitrogens is 4. The quantitative estimate of drug-likeness (QED) is 0.788. The van der Waals surface area contributed by atoms with Crippen molar-refractivity contribution < 1.29 is 4.74 Å². The fourth-order valence-corrected chi connectivity index (χ4v) is 2.48. The number of imidazole rings is 1. The number of anilines is 2. The number of ether oxygens (including phenoxy) is 1. The van der Waals surface area contributed by atoms with Gasteiger partial charge in [-0.15, -0.1) is 0 Å². The van der Waals surface area contributed by atoms with E-state index in [0.29, 0.717) is 18.2 Å². The minimum Gasteiger partial charge on any atom is -0.379 e. The molecule has 2 aromatic rings. The number of aromatic amines is 1. The van der Waals surface area contributed by atoms with Crippen LogP contribution in [-0.4, -0.2) is 45.2 Å². The van der Waals surface area contributed by atoms with Crippen LogP contribution in [0.15, 0.2) is 6.33 Å². The Labute approximate surface area is 117 Å². The lowest BCUT2D eigenvalue weighted by Crippen LogP contribution is -2.43. The van der Waals surface area contributed by atoms with E-state index in [9.17, 15) is 0 Å². The molecule has 0 amide bonds. The van der Waals surface area contributed by atoms with Crippen molar-refractivity contribution in [2.45, 2.75) is 32.2 Å². The average Bonchev–Trinajstić information content (AvgIpc) is 2.88. The second-order valence-corrected chi connectivity index (χ2v) is 5.37. The van der Waals surface area contributed by atoms with Gasteiger partial charge >= 0.3 is 0 Å². The topological polar surface area (TPSA) is 87.8 Å². The minimum atomic E-state index is -0.103. The van der Waals surface area contributed by atoms with Crippen LogP contribution in [0.4, 0.5) is 11.8 Å². The standard InChI is InChI=1S/C13H20N6O/c1-3-14-12-17-10-9(15-8-16-10)11(18-12)19-13(2)5-4-6-20-7-13/h8H,3-7H2,1-2H3,(H3,14,15,16,17,18,19). The molecule has 0 aliphatic carbocycles. The van der Waals surface area contributed by atoms with Crippen molar-refractivity contribution in [3.05, 3.63) is 6.33 Å². The molecule has 0 aromatic carbocycles. The predicted octanol–water partition coefficient (Wildman–Crippen LogP) is 1.77. The molecule has 3 rings (SSSR count). The third-order valence-electron chi connectivity index (χ3n) is 3.48. The van der Waals surface area contributed by atoms with Crippen LogP contribution < -0.4 is 10.6 Å². The van der Waals surface area contributed by atoms with Crippen molar-refractivity contribution in [2.24, 2.45) is 0 Å².